The highest BCUT2D eigenvalue weighted by molar-refractivity contribution is 7.17. The summed E-state index contributed by atoms with van der Waals surface area (Å²) in [6.07, 6.45) is 8.71. The number of nitrogens with one attached hydrogen (secondary N) is 1. The van der Waals surface area contributed by atoms with Gasteiger partial charge in [0.2, 0.25) is 5.91 Å². The molecule has 3 rings (SSSR count). The standard InChI is InChI=1S/C21H29NO5S/c1-2-27-21(26)17-15-11-5-3-4-6-12-16(15)28-19(17)22-18(23)13-9-7-8-10-14(13)20(24)25/h13-14H,2-12H2,1H3,(H,22,23)(H,24,25)/p-1/t13-,14+/m1/s1. The third-order valence-electron chi connectivity index (χ3n) is 5.79. The van der Waals surface area contributed by atoms with E-state index in [1.165, 1.54) is 17.8 Å². The van der Waals surface area contributed by atoms with Crippen molar-refractivity contribution in [3.8, 4) is 0 Å². The van der Waals surface area contributed by atoms with E-state index in [0.717, 1.165) is 55.4 Å². The number of amides is 1. The molecule has 1 aromatic heterocycles. The van der Waals surface area contributed by atoms with E-state index in [1.807, 2.05) is 0 Å². The molecular formula is C21H28NO5S-. The second-order valence-electron chi connectivity index (χ2n) is 7.65. The molecule has 28 heavy (non-hydrogen) atoms. The van der Waals surface area contributed by atoms with E-state index in [1.54, 1.807) is 6.92 Å². The summed E-state index contributed by atoms with van der Waals surface area (Å²) in [6.45, 7) is 2.03. The summed E-state index contributed by atoms with van der Waals surface area (Å²) >= 11 is 1.44. The number of rotatable bonds is 5. The van der Waals surface area contributed by atoms with Gasteiger partial charge in [0.25, 0.3) is 0 Å². The summed E-state index contributed by atoms with van der Waals surface area (Å²) in [5.41, 5.74) is 1.47. The van der Waals surface area contributed by atoms with Crippen LogP contribution in [-0.2, 0) is 27.2 Å². The van der Waals surface area contributed by atoms with Crippen LogP contribution in [0.25, 0.3) is 0 Å². The fraction of sp³-hybridized carbons (Fsp3) is 0.667. The summed E-state index contributed by atoms with van der Waals surface area (Å²) in [7, 11) is 0. The SMILES string of the molecule is CCOC(=O)c1c(NC(=O)[C@@H]2CCCC[C@@H]2C(=O)[O-])sc2c1CCCCCC2. The second kappa shape index (κ2) is 9.54. The van der Waals surface area contributed by atoms with Gasteiger partial charge in [-0.2, -0.15) is 0 Å². The number of hydrogen-bond donors (Lipinski definition) is 1. The number of carbonyl (C=O) groups is 3. The average molecular weight is 407 g/mol. The minimum absolute atomic E-state index is 0.270. The highest BCUT2D eigenvalue weighted by atomic mass is 32.1. The number of anilines is 1. The van der Waals surface area contributed by atoms with E-state index in [0.29, 0.717) is 23.4 Å². The lowest BCUT2D eigenvalue weighted by atomic mass is 9.78. The van der Waals surface area contributed by atoms with Gasteiger partial charge >= 0.3 is 5.97 Å². The number of carboxylic acids is 1. The van der Waals surface area contributed by atoms with Crippen molar-refractivity contribution in [2.45, 2.75) is 71.1 Å². The number of thiophene rings is 1. The van der Waals surface area contributed by atoms with Gasteiger partial charge < -0.3 is 20.0 Å². The largest absolute Gasteiger partial charge is 0.550 e. The lowest BCUT2D eigenvalue weighted by Crippen LogP contribution is -2.42. The minimum atomic E-state index is -1.16. The number of aliphatic carboxylic acids is 1. The fourth-order valence-electron chi connectivity index (χ4n) is 4.36. The molecule has 0 radical (unpaired) electrons. The van der Waals surface area contributed by atoms with Gasteiger partial charge in [0.1, 0.15) is 5.00 Å². The van der Waals surface area contributed by atoms with E-state index in [4.69, 9.17) is 4.74 Å². The first kappa shape index (κ1) is 20.8. The van der Waals surface area contributed by atoms with Gasteiger partial charge in [0, 0.05) is 22.7 Å². The van der Waals surface area contributed by atoms with Crippen LogP contribution in [0.3, 0.4) is 0 Å². The van der Waals surface area contributed by atoms with Crippen LogP contribution in [0.4, 0.5) is 5.00 Å². The molecule has 2 atom stereocenters. The molecule has 0 spiro atoms. The number of hydrogen-bond acceptors (Lipinski definition) is 6. The normalized spacial score (nSPS) is 22.5. The van der Waals surface area contributed by atoms with Crippen LogP contribution in [0.1, 0.15) is 79.1 Å². The minimum Gasteiger partial charge on any atom is -0.550 e. The first-order valence-electron chi connectivity index (χ1n) is 10.4. The Morgan fingerprint density at radius 3 is 2.39 bits per heavy atom. The van der Waals surface area contributed by atoms with Crippen molar-refractivity contribution in [2.24, 2.45) is 11.8 Å². The zero-order valence-electron chi connectivity index (χ0n) is 16.4. The number of carbonyl (C=O) groups excluding carboxylic acids is 3. The molecule has 0 bridgehead atoms. The molecule has 1 fully saturated rings. The zero-order chi connectivity index (χ0) is 20.1. The predicted molar refractivity (Wildman–Crippen MR) is 105 cm³/mol. The second-order valence-corrected chi connectivity index (χ2v) is 8.75. The van der Waals surface area contributed by atoms with Crippen LogP contribution < -0.4 is 10.4 Å². The Hall–Kier alpha value is -1.89. The number of esters is 1. The maximum Gasteiger partial charge on any atom is 0.341 e. The summed E-state index contributed by atoms with van der Waals surface area (Å²) < 4.78 is 5.26. The average Bonchev–Trinajstić information content (AvgIpc) is 2.98. The van der Waals surface area contributed by atoms with E-state index < -0.39 is 23.8 Å². The van der Waals surface area contributed by atoms with Crippen LogP contribution in [0.5, 0.6) is 0 Å². The van der Waals surface area contributed by atoms with Crippen LogP contribution >= 0.6 is 11.3 Å². The Morgan fingerprint density at radius 1 is 1.04 bits per heavy atom. The molecule has 1 aromatic rings. The van der Waals surface area contributed by atoms with Gasteiger partial charge in [0.15, 0.2) is 0 Å². The maximum absolute atomic E-state index is 12.9. The maximum atomic E-state index is 12.9. The van der Waals surface area contributed by atoms with Crippen LogP contribution in [-0.4, -0.2) is 24.5 Å². The number of aryl methyl sites for hydroxylation is 1. The fourth-order valence-corrected chi connectivity index (χ4v) is 5.64. The van der Waals surface area contributed by atoms with Gasteiger partial charge in [0.05, 0.1) is 12.2 Å². The molecule has 1 saturated carbocycles. The Bertz CT molecular complexity index is 741. The van der Waals surface area contributed by atoms with Gasteiger partial charge in [-0.1, -0.05) is 25.7 Å². The third-order valence-corrected chi connectivity index (χ3v) is 7.00. The Balaban J connectivity index is 1.89. The molecule has 1 amide bonds. The molecule has 1 heterocycles. The van der Waals surface area contributed by atoms with E-state index in [9.17, 15) is 19.5 Å². The lowest BCUT2D eigenvalue weighted by Gasteiger charge is -2.31. The van der Waals surface area contributed by atoms with Crippen molar-refractivity contribution in [1.82, 2.24) is 0 Å². The Morgan fingerprint density at radius 2 is 1.71 bits per heavy atom. The molecule has 7 heteroatoms. The van der Waals surface area contributed by atoms with Crippen LogP contribution in [0, 0.1) is 11.8 Å². The monoisotopic (exact) mass is 406 g/mol. The summed E-state index contributed by atoms with van der Waals surface area (Å²) in [4.78, 5) is 38.2. The molecule has 0 saturated heterocycles. The zero-order valence-corrected chi connectivity index (χ0v) is 17.2. The quantitative estimate of drug-likeness (QED) is 0.758. The molecule has 2 aliphatic rings. The molecule has 1 N–H and O–H groups in total. The summed E-state index contributed by atoms with van der Waals surface area (Å²) in [6, 6.07) is 0. The number of ether oxygens (including phenoxy) is 1. The Labute approximate surface area is 169 Å². The first-order valence-corrected chi connectivity index (χ1v) is 11.2. The molecule has 0 aliphatic heterocycles. The predicted octanol–water partition coefficient (Wildman–Crippen LogP) is 3.08. The van der Waals surface area contributed by atoms with Crippen molar-refractivity contribution in [3.63, 3.8) is 0 Å². The molecule has 6 nitrogen and oxygen atoms in total. The number of fused-ring (bicyclic) bond motifs is 1. The molecule has 0 unspecified atom stereocenters. The molecule has 0 aromatic carbocycles. The van der Waals surface area contributed by atoms with Gasteiger partial charge in [-0.3, -0.25) is 4.79 Å². The smallest absolute Gasteiger partial charge is 0.341 e. The third kappa shape index (κ3) is 4.57. The lowest BCUT2D eigenvalue weighted by molar-refractivity contribution is -0.313. The van der Waals surface area contributed by atoms with E-state index >= 15 is 0 Å². The molecular weight excluding hydrogens is 378 g/mol. The van der Waals surface area contributed by atoms with Crippen LogP contribution in [0.15, 0.2) is 0 Å². The summed E-state index contributed by atoms with van der Waals surface area (Å²) in [5.74, 6) is -3.27. The van der Waals surface area contributed by atoms with Gasteiger partial charge in [-0.05, 0) is 51.0 Å². The summed E-state index contributed by atoms with van der Waals surface area (Å²) in [5, 5.41) is 14.9. The molecule has 154 valence electrons. The van der Waals surface area contributed by atoms with Crippen molar-refractivity contribution < 1.29 is 24.2 Å². The van der Waals surface area contributed by atoms with Gasteiger partial charge in [-0.25, -0.2) is 4.79 Å². The van der Waals surface area contributed by atoms with Crippen molar-refractivity contribution in [2.75, 3.05) is 11.9 Å². The Kier molecular flexibility index (Phi) is 7.10. The molecule has 2 aliphatic carbocycles. The number of carboxylic acid groups (broad SMARTS) is 1. The van der Waals surface area contributed by atoms with Crippen molar-refractivity contribution >= 4 is 34.2 Å². The highest BCUT2D eigenvalue weighted by Gasteiger charge is 2.34. The van der Waals surface area contributed by atoms with Crippen molar-refractivity contribution in [3.05, 3.63) is 16.0 Å². The topological polar surface area (TPSA) is 95.5 Å². The van der Waals surface area contributed by atoms with Crippen LogP contribution in [0.2, 0.25) is 0 Å². The van der Waals surface area contributed by atoms with Crippen molar-refractivity contribution in [1.29, 1.82) is 0 Å². The van der Waals surface area contributed by atoms with E-state index in [2.05, 4.69) is 5.32 Å². The van der Waals surface area contributed by atoms with E-state index in [-0.39, 0.29) is 12.5 Å². The van der Waals surface area contributed by atoms with Gasteiger partial charge in [-0.15, -0.1) is 11.3 Å². The highest BCUT2D eigenvalue weighted by Crippen LogP contribution is 2.39. The first-order chi connectivity index (χ1) is 13.5.